The molecule has 2 heterocycles. The maximum atomic E-state index is 2.64. The highest BCUT2D eigenvalue weighted by Gasteiger charge is 2.69. The SMILES string of the molecule is CCN1CN(C)Cc2c1cc1c(c2C)C2C3CC(C12)C1c2c(C)c(C)c(C)c(C)c2C31.CCN1CN(C)Cc2c1cc1c(c2C)C2C3CC(C12)C1c2c(cc(C)c(C)c2C)C31. The molecule has 61 heavy (non-hydrogen) atoms. The summed E-state index contributed by atoms with van der Waals surface area (Å²) in [5, 5.41) is 0. The first-order chi connectivity index (χ1) is 29.3. The molecular formula is C57H70N4. The second-order valence-corrected chi connectivity index (χ2v) is 22.6. The summed E-state index contributed by atoms with van der Waals surface area (Å²) in [6, 6.07) is 7.84. The van der Waals surface area contributed by atoms with Crippen LogP contribution in [0, 0.1) is 86.0 Å². The third-order valence-electron chi connectivity index (χ3n) is 20.8. The molecule has 4 aromatic carbocycles. The van der Waals surface area contributed by atoms with Gasteiger partial charge in [-0.2, -0.15) is 0 Å². The summed E-state index contributed by atoms with van der Waals surface area (Å²) < 4.78 is 0. The molecule has 0 amide bonds. The van der Waals surface area contributed by atoms with E-state index in [0.717, 1.165) is 111 Å². The molecule has 0 aromatic heterocycles. The largest absolute Gasteiger partial charge is 0.359 e. The Hall–Kier alpha value is -3.60. The van der Waals surface area contributed by atoms with Gasteiger partial charge in [-0.05, 0) is 292 Å². The Morgan fingerprint density at radius 2 is 0.754 bits per heavy atom. The lowest BCUT2D eigenvalue weighted by molar-refractivity contribution is 0.225. The van der Waals surface area contributed by atoms with E-state index in [9.17, 15) is 0 Å². The summed E-state index contributed by atoms with van der Waals surface area (Å²) in [5.41, 5.74) is 34.6. The highest BCUT2D eigenvalue weighted by Crippen LogP contribution is 2.81. The predicted octanol–water partition coefficient (Wildman–Crippen LogP) is 12.0. The average molecular weight is 811 g/mol. The Morgan fingerprint density at radius 3 is 1.16 bits per heavy atom. The molecule has 318 valence electrons. The van der Waals surface area contributed by atoms with Crippen LogP contribution in [-0.2, 0) is 13.1 Å². The lowest BCUT2D eigenvalue weighted by Gasteiger charge is -2.56. The molecule has 8 aliphatic carbocycles. The molecule has 10 aliphatic rings. The molecule has 4 aromatic rings. The Bertz CT molecular complexity index is 2670. The van der Waals surface area contributed by atoms with Gasteiger partial charge in [0.2, 0.25) is 0 Å². The first-order valence-corrected chi connectivity index (χ1v) is 24.7. The van der Waals surface area contributed by atoms with Crippen molar-refractivity contribution in [3.05, 3.63) is 124 Å². The molecule has 4 fully saturated rings. The first kappa shape index (κ1) is 37.9. The van der Waals surface area contributed by atoms with Crippen LogP contribution >= 0.6 is 0 Å². The zero-order chi connectivity index (χ0) is 42.1. The van der Waals surface area contributed by atoms with E-state index in [-0.39, 0.29) is 0 Å². The van der Waals surface area contributed by atoms with Crippen molar-refractivity contribution < 1.29 is 0 Å². The van der Waals surface area contributed by atoms with Gasteiger partial charge in [-0.25, -0.2) is 0 Å². The van der Waals surface area contributed by atoms with Crippen LogP contribution in [0.2, 0.25) is 0 Å². The number of nitrogens with zero attached hydrogens (tertiary/aromatic N) is 4. The Kier molecular flexibility index (Phi) is 7.67. The van der Waals surface area contributed by atoms with Crippen LogP contribution in [0.5, 0.6) is 0 Å². The Morgan fingerprint density at radius 1 is 0.410 bits per heavy atom. The molecule has 12 atom stereocenters. The van der Waals surface area contributed by atoms with E-state index in [0.29, 0.717) is 0 Å². The van der Waals surface area contributed by atoms with Gasteiger partial charge in [-0.1, -0.05) is 6.07 Å². The monoisotopic (exact) mass is 811 g/mol. The van der Waals surface area contributed by atoms with E-state index in [4.69, 9.17) is 0 Å². The summed E-state index contributed by atoms with van der Waals surface area (Å²) in [4.78, 5) is 10.1. The van der Waals surface area contributed by atoms with Crippen molar-refractivity contribution in [2.75, 3.05) is 50.3 Å². The first-order valence-electron chi connectivity index (χ1n) is 24.7. The summed E-state index contributed by atoms with van der Waals surface area (Å²) in [6.07, 6.45) is 2.93. The van der Waals surface area contributed by atoms with Crippen molar-refractivity contribution in [1.82, 2.24) is 9.80 Å². The molecule has 14 rings (SSSR count). The van der Waals surface area contributed by atoms with Crippen LogP contribution in [-0.4, -0.2) is 50.3 Å². The van der Waals surface area contributed by atoms with Gasteiger partial charge in [0, 0.05) is 37.6 Å². The van der Waals surface area contributed by atoms with Gasteiger partial charge >= 0.3 is 0 Å². The second kappa shape index (κ2) is 12.3. The van der Waals surface area contributed by atoms with Crippen LogP contribution in [0.3, 0.4) is 0 Å². The number of rotatable bonds is 2. The van der Waals surface area contributed by atoms with Gasteiger partial charge in [0.1, 0.15) is 0 Å². The maximum Gasteiger partial charge on any atom is 0.0707 e. The quantitative estimate of drug-likeness (QED) is 0.187. The molecule has 2 aliphatic heterocycles. The number of fused-ring (bicyclic) bond motifs is 30. The lowest BCUT2D eigenvalue weighted by Crippen LogP contribution is -2.45. The number of benzene rings is 4. The average Bonchev–Trinajstić information content (AvgIpc) is 3.89. The number of hydrogen-bond donors (Lipinski definition) is 0. The van der Waals surface area contributed by atoms with Crippen LogP contribution in [0.4, 0.5) is 11.4 Å². The minimum Gasteiger partial charge on any atom is -0.359 e. The van der Waals surface area contributed by atoms with Crippen molar-refractivity contribution in [2.24, 2.45) is 23.7 Å². The number of hydrogen-bond acceptors (Lipinski definition) is 4. The molecule has 4 bridgehead atoms. The van der Waals surface area contributed by atoms with Crippen LogP contribution in [0.25, 0.3) is 0 Å². The second-order valence-electron chi connectivity index (χ2n) is 22.6. The maximum absolute atomic E-state index is 2.64. The van der Waals surface area contributed by atoms with Gasteiger partial charge in [0.25, 0.3) is 0 Å². The third-order valence-corrected chi connectivity index (χ3v) is 20.8. The van der Waals surface area contributed by atoms with Crippen molar-refractivity contribution in [1.29, 1.82) is 0 Å². The summed E-state index contributed by atoms with van der Waals surface area (Å²) >= 11 is 0. The van der Waals surface area contributed by atoms with E-state index in [1.54, 1.807) is 106 Å². The van der Waals surface area contributed by atoms with E-state index < -0.39 is 0 Å². The smallest absolute Gasteiger partial charge is 0.0707 e. The van der Waals surface area contributed by atoms with Gasteiger partial charge in [0.05, 0.1) is 13.3 Å². The van der Waals surface area contributed by atoms with Crippen molar-refractivity contribution in [2.45, 2.75) is 149 Å². The van der Waals surface area contributed by atoms with Gasteiger partial charge in [0.15, 0.2) is 0 Å². The van der Waals surface area contributed by atoms with Gasteiger partial charge in [-0.15, -0.1) is 0 Å². The summed E-state index contributed by atoms with van der Waals surface area (Å²) in [6.45, 7) is 32.6. The van der Waals surface area contributed by atoms with Crippen LogP contribution < -0.4 is 9.80 Å². The van der Waals surface area contributed by atoms with Gasteiger partial charge < -0.3 is 9.80 Å². The minimum atomic E-state index is 0.832. The molecule has 4 saturated carbocycles. The molecule has 4 heteroatoms. The van der Waals surface area contributed by atoms with E-state index in [2.05, 4.69) is 128 Å². The molecule has 12 unspecified atom stereocenters. The Balaban J connectivity index is 0.000000125. The molecular weight excluding hydrogens is 741 g/mol. The van der Waals surface area contributed by atoms with Crippen LogP contribution in [0.1, 0.15) is 180 Å². The van der Waals surface area contributed by atoms with Crippen molar-refractivity contribution in [3.63, 3.8) is 0 Å². The lowest BCUT2D eigenvalue weighted by atomic mass is 9.48. The topological polar surface area (TPSA) is 13.0 Å². The molecule has 0 saturated heterocycles. The standard InChI is InChI=1S/C29H36N2.C28H34N2/c1-8-31-12-30(7)11-21-17(6)23-20(10-22(21)31)26-18-9-19(27(23)26)29-25-16(5)14(3)13(2)15(4)24(25)28(18)29;1-7-30-12-29(6)11-21-16(5)24-20(10-22(21)30)26-19-9-18(28(24)26)25-17-8-13(2)14(3)15(4)23(17)27(19)25/h10,18-19,26-29H,8-9,11-12H2,1-7H3;8,10,18-19,25-28H,7,9,11-12H2,1-6H3. The molecule has 0 N–H and O–H groups in total. The van der Waals surface area contributed by atoms with Crippen molar-refractivity contribution >= 4 is 11.4 Å². The van der Waals surface area contributed by atoms with Crippen molar-refractivity contribution in [3.8, 4) is 0 Å². The summed E-state index contributed by atoms with van der Waals surface area (Å²) in [7, 11) is 4.54. The fraction of sp³-hybridized carbons (Fsp3) is 0.579. The fourth-order valence-electron chi connectivity index (χ4n) is 17.8. The Labute approximate surface area is 367 Å². The molecule has 0 spiro atoms. The number of aryl methyl sites for hydroxylation is 1. The van der Waals surface area contributed by atoms with E-state index in [1.807, 2.05) is 0 Å². The third kappa shape index (κ3) is 4.33. The zero-order valence-electron chi connectivity index (χ0n) is 39.6. The summed E-state index contributed by atoms with van der Waals surface area (Å²) in [5.74, 6) is 10.3. The predicted molar refractivity (Wildman–Crippen MR) is 252 cm³/mol. The van der Waals surface area contributed by atoms with Gasteiger partial charge in [-0.3, -0.25) is 9.80 Å². The zero-order valence-corrected chi connectivity index (χ0v) is 39.6. The highest BCUT2D eigenvalue weighted by molar-refractivity contribution is 5.73. The fourth-order valence-corrected chi connectivity index (χ4v) is 17.8. The minimum absolute atomic E-state index is 0.832. The van der Waals surface area contributed by atoms with Crippen LogP contribution in [0.15, 0.2) is 18.2 Å². The van der Waals surface area contributed by atoms with E-state index >= 15 is 0 Å². The van der Waals surface area contributed by atoms with E-state index in [1.165, 1.54) is 24.0 Å². The highest BCUT2D eigenvalue weighted by atomic mass is 15.3. The number of anilines is 2. The molecule has 4 nitrogen and oxygen atoms in total. The molecule has 0 radical (unpaired) electrons. The normalized spacial score (nSPS) is 34.2.